The number of nitro groups is 2. The van der Waals surface area contributed by atoms with Crippen molar-refractivity contribution in [2.24, 2.45) is 0 Å². The van der Waals surface area contributed by atoms with Crippen molar-refractivity contribution in [1.29, 1.82) is 0 Å². The molecule has 0 fully saturated rings. The minimum Gasteiger partial charge on any atom is -0.497 e. The third kappa shape index (κ3) is 10.1. The number of nitrogens with zero attached hydrogens (tertiary/aromatic N) is 4. The molecule has 0 unspecified atom stereocenters. The standard InChI is InChI=1S/C23H24N2O6.C22H22N2O6/c1-14-9-21(22(25(28)29)10-15(14)2)23(27)24-12-18(11-19(24)13-31-16(3)26)17-5-7-20(30-4)8-6-17;1-13-9-18(19(24(27)28)10-14(13)2)21(25)23-12-16(11-20(23)22(26)30-4)15-5-7-17(29-3)8-6-15/h5-10,12,19H,11,13H2,1-4H3;5-10,12,20H,11H2,1-4H3/t19-;20-/m00/s1. The van der Waals surface area contributed by atoms with E-state index in [1.807, 2.05) is 36.4 Å². The van der Waals surface area contributed by atoms with Gasteiger partial charge in [-0.05, 0) is 115 Å². The van der Waals surface area contributed by atoms with Crippen molar-refractivity contribution in [2.45, 2.75) is 59.5 Å². The van der Waals surface area contributed by atoms with Gasteiger partial charge < -0.3 is 23.8 Å². The van der Waals surface area contributed by atoms with Gasteiger partial charge >= 0.3 is 11.9 Å². The first-order chi connectivity index (χ1) is 29.0. The van der Waals surface area contributed by atoms with Crippen molar-refractivity contribution in [3.05, 3.63) is 150 Å². The molecule has 0 spiro atoms. The first kappa shape index (κ1) is 44.7. The van der Waals surface area contributed by atoms with E-state index in [9.17, 15) is 39.4 Å². The van der Waals surface area contributed by atoms with Crippen LogP contribution in [0.4, 0.5) is 11.4 Å². The van der Waals surface area contributed by atoms with E-state index in [2.05, 4.69) is 0 Å². The molecule has 318 valence electrons. The zero-order valence-electron chi connectivity index (χ0n) is 35.0. The van der Waals surface area contributed by atoms with Crippen LogP contribution in [0.15, 0.2) is 85.2 Å². The van der Waals surface area contributed by atoms with Crippen LogP contribution < -0.4 is 9.47 Å². The zero-order valence-corrected chi connectivity index (χ0v) is 35.0. The van der Waals surface area contributed by atoms with Gasteiger partial charge in [0, 0.05) is 37.9 Å². The number of aryl methyl sites for hydroxylation is 4. The van der Waals surface area contributed by atoms with Crippen molar-refractivity contribution in [3.8, 4) is 11.5 Å². The molecule has 6 rings (SSSR count). The average molecular weight is 835 g/mol. The third-order valence-electron chi connectivity index (χ3n) is 10.6. The summed E-state index contributed by atoms with van der Waals surface area (Å²) < 4.78 is 20.4. The van der Waals surface area contributed by atoms with Gasteiger partial charge in [0.1, 0.15) is 35.3 Å². The van der Waals surface area contributed by atoms with E-state index in [1.165, 1.54) is 48.1 Å². The molecule has 4 aromatic rings. The summed E-state index contributed by atoms with van der Waals surface area (Å²) in [5, 5.41) is 23.1. The highest BCUT2D eigenvalue weighted by Gasteiger charge is 2.39. The summed E-state index contributed by atoms with van der Waals surface area (Å²) in [6.45, 7) is 8.37. The summed E-state index contributed by atoms with van der Waals surface area (Å²) in [6.07, 6.45) is 3.93. The molecule has 0 saturated carbocycles. The topological polar surface area (TPSA) is 198 Å². The molecule has 4 aromatic carbocycles. The minimum absolute atomic E-state index is 0.00410. The van der Waals surface area contributed by atoms with E-state index in [0.29, 0.717) is 23.5 Å². The number of benzene rings is 4. The van der Waals surface area contributed by atoms with Crippen LogP contribution in [0.1, 0.15) is 73.9 Å². The lowest BCUT2D eigenvalue weighted by Crippen LogP contribution is -2.39. The number of ether oxygens (including phenoxy) is 4. The number of nitro benzene ring substituents is 2. The Morgan fingerprint density at radius 1 is 0.639 bits per heavy atom. The van der Waals surface area contributed by atoms with Crippen LogP contribution >= 0.6 is 0 Å². The quantitative estimate of drug-likeness (QED) is 0.0812. The Morgan fingerprint density at radius 2 is 1.05 bits per heavy atom. The maximum atomic E-state index is 13.4. The molecule has 2 amide bonds. The van der Waals surface area contributed by atoms with Crippen LogP contribution in [0.5, 0.6) is 11.5 Å². The first-order valence-corrected chi connectivity index (χ1v) is 19.1. The van der Waals surface area contributed by atoms with Crippen LogP contribution in [-0.4, -0.2) is 83.4 Å². The van der Waals surface area contributed by atoms with Gasteiger partial charge in [0.25, 0.3) is 23.2 Å². The van der Waals surface area contributed by atoms with E-state index in [4.69, 9.17) is 18.9 Å². The monoisotopic (exact) mass is 834 g/mol. The molecule has 0 radical (unpaired) electrons. The zero-order chi connectivity index (χ0) is 44.7. The lowest BCUT2D eigenvalue weighted by atomic mass is 10.0. The molecule has 0 aliphatic carbocycles. The van der Waals surface area contributed by atoms with Gasteiger partial charge in [0.2, 0.25) is 0 Å². The molecule has 0 saturated heterocycles. The number of carbonyl (C=O) groups is 4. The summed E-state index contributed by atoms with van der Waals surface area (Å²) in [5.74, 6) is -0.783. The maximum Gasteiger partial charge on any atom is 0.329 e. The second-order valence-corrected chi connectivity index (χ2v) is 14.5. The molecule has 0 bridgehead atoms. The van der Waals surface area contributed by atoms with Crippen molar-refractivity contribution < 1.29 is 48.0 Å². The highest BCUT2D eigenvalue weighted by Crippen LogP contribution is 2.36. The molecule has 0 N–H and O–H groups in total. The van der Waals surface area contributed by atoms with Crippen molar-refractivity contribution in [1.82, 2.24) is 9.80 Å². The molecule has 16 heteroatoms. The third-order valence-corrected chi connectivity index (χ3v) is 10.6. The number of hydrogen-bond donors (Lipinski definition) is 0. The Balaban J connectivity index is 0.000000231. The molecule has 2 heterocycles. The fraction of sp³-hybridized carbons (Fsp3) is 0.289. The normalized spacial score (nSPS) is 15.5. The van der Waals surface area contributed by atoms with Gasteiger partial charge in [-0.2, -0.15) is 0 Å². The molecule has 2 atom stereocenters. The fourth-order valence-electron chi connectivity index (χ4n) is 6.93. The summed E-state index contributed by atoms with van der Waals surface area (Å²) in [5.41, 5.74) is 5.68. The van der Waals surface area contributed by atoms with E-state index in [1.54, 1.807) is 66.4 Å². The second-order valence-electron chi connectivity index (χ2n) is 14.5. The van der Waals surface area contributed by atoms with Crippen LogP contribution in [0.2, 0.25) is 0 Å². The number of carbonyl (C=O) groups excluding carboxylic acids is 4. The molecular weight excluding hydrogens is 789 g/mol. The second kappa shape index (κ2) is 19.1. The van der Waals surface area contributed by atoms with Crippen LogP contribution in [0, 0.1) is 47.9 Å². The SMILES string of the molecule is COC(=O)[C@@H]1CC(c2ccc(OC)cc2)=CN1C(=O)c1cc(C)c(C)cc1[N+](=O)[O-].COc1ccc(C2=CN(C(=O)c3cc(C)c(C)cc3[N+](=O)[O-])[C@H](COC(C)=O)C2)cc1. The van der Waals surface area contributed by atoms with Gasteiger partial charge in [-0.25, -0.2) is 4.79 Å². The van der Waals surface area contributed by atoms with Crippen LogP contribution in [0.3, 0.4) is 0 Å². The van der Waals surface area contributed by atoms with E-state index in [0.717, 1.165) is 39.0 Å². The lowest BCUT2D eigenvalue weighted by molar-refractivity contribution is -0.385. The summed E-state index contributed by atoms with van der Waals surface area (Å²) in [6, 6.07) is 19.0. The Hall–Kier alpha value is -7.36. The van der Waals surface area contributed by atoms with Gasteiger partial charge in [0.15, 0.2) is 0 Å². The lowest BCUT2D eigenvalue weighted by Gasteiger charge is -2.23. The van der Waals surface area contributed by atoms with Gasteiger partial charge in [0.05, 0.1) is 37.2 Å². The van der Waals surface area contributed by atoms with Gasteiger partial charge in [-0.1, -0.05) is 24.3 Å². The van der Waals surface area contributed by atoms with Crippen molar-refractivity contribution in [3.63, 3.8) is 0 Å². The first-order valence-electron chi connectivity index (χ1n) is 19.1. The highest BCUT2D eigenvalue weighted by atomic mass is 16.6. The minimum atomic E-state index is -0.902. The summed E-state index contributed by atoms with van der Waals surface area (Å²) in [4.78, 5) is 75.0. The number of hydrogen-bond acceptors (Lipinski definition) is 12. The van der Waals surface area contributed by atoms with Gasteiger partial charge in [-0.15, -0.1) is 0 Å². The average Bonchev–Trinajstić information content (AvgIpc) is 3.90. The number of rotatable bonds is 11. The van der Waals surface area contributed by atoms with Crippen molar-refractivity contribution >= 4 is 46.3 Å². The Bertz CT molecular complexity index is 2440. The summed E-state index contributed by atoms with van der Waals surface area (Å²) >= 11 is 0. The molecule has 0 aromatic heterocycles. The molecule has 2 aliphatic rings. The van der Waals surface area contributed by atoms with Gasteiger partial charge in [-0.3, -0.25) is 39.5 Å². The van der Waals surface area contributed by atoms with Crippen LogP contribution in [0.25, 0.3) is 11.1 Å². The largest absolute Gasteiger partial charge is 0.497 e. The Labute approximate surface area is 352 Å². The molecule has 16 nitrogen and oxygen atoms in total. The van der Waals surface area contributed by atoms with Crippen LogP contribution in [-0.2, 0) is 19.1 Å². The predicted molar refractivity (Wildman–Crippen MR) is 225 cm³/mol. The number of esters is 2. The fourth-order valence-corrected chi connectivity index (χ4v) is 6.93. The Kier molecular flexibility index (Phi) is 14.0. The smallest absolute Gasteiger partial charge is 0.329 e. The predicted octanol–water partition coefficient (Wildman–Crippen LogP) is 7.69. The highest BCUT2D eigenvalue weighted by molar-refractivity contribution is 6.03. The van der Waals surface area contributed by atoms with E-state index >= 15 is 0 Å². The molecule has 61 heavy (non-hydrogen) atoms. The maximum absolute atomic E-state index is 13.4. The molecule has 2 aliphatic heterocycles. The Morgan fingerprint density at radius 3 is 1.46 bits per heavy atom. The van der Waals surface area contributed by atoms with Crippen molar-refractivity contribution in [2.75, 3.05) is 27.9 Å². The molecular formula is C45H46N4O12. The summed E-state index contributed by atoms with van der Waals surface area (Å²) in [7, 11) is 4.39. The number of amides is 2. The number of methoxy groups -OCH3 is 3. The van der Waals surface area contributed by atoms with E-state index < -0.39 is 45.7 Å². The van der Waals surface area contributed by atoms with E-state index in [-0.39, 0.29) is 35.5 Å².